The molecule has 2 aliphatic carbocycles. The molecule has 2 atom stereocenters. The first-order chi connectivity index (χ1) is 14.5. The van der Waals surface area contributed by atoms with E-state index in [0.29, 0.717) is 41.1 Å². The zero-order valence-electron chi connectivity index (χ0n) is 17.1. The van der Waals surface area contributed by atoms with Gasteiger partial charge in [-0.15, -0.1) is 0 Å². The van der Waals surface area contributed by atoms with E-state index in [9.17, 15) is 18.8 Å². The van der Waals surface area contributed by atoms with Crippen molar-refractivity contribution in [3.05, 3.63) is 34.0 Å². The molecule has 1 aliphatic heterocycles. The van der Waals surface area contributed by atoms with Crippen molar-refractivity contribution >= 4 is 22.7 Å². The summed E-state index contributed by atoms with van der Waals surface area (Å²) < 4.78 is 16.1. The first-order valence-corrected chi connectivity index (χ1v) is 10.9. The van der Waals surface area contributed by atoms with Crippen LogP contribution in [0.3, 0.4) is 0 Å². The van der Waals surface area contributed by atoms with Gasteiger partial charge >= 0.3 is 5.69 Å². The van der Waals surface area contributed by atoms with E-state index in [0.717, 1.165) is 25.9 Å². The number of likely N-dealkylation sites (tertiary alicyclic amines) is 1. The summed E-state index contributed by atoms with van der Waals surface area (Å²) in [7, 11) is 1.44. The van der Waals surface area contributed by atoms with Gasteiger partial charge in [-0.05, 0) is 43.6 Å². The van der Waals surface area contributed by atoms with Crippen LogP contribution < -0.4 is 11.0 Å². The van der Waals surface area contributed by atoms with Gasteiger partial charge in [-0.1, -0.05) is 6.42 Å². The Morgan fingerprint density at radius 1 is 1.17 bits per heavy atom. The predicted molar refractivity (Wildman–Crippen MR) is 110 cm³/mol. The average molecular weight is 414 g/mol. The number of piperidine rings is 1. The molecule has 2 saturated carbocycles. The summed E-state index contributed by atoms with van der Waals surface area (Å²) in [4.78, 5) is 42.0. The molecule has 2 N–H and O–H groups in total. The van der Waals surface area contributed by atoms with Crippen molar-refractivity contribution in [1.29, 1.82) is 0 Å². The van der Waals surface area contributed by atoms with Gasteiger partial charge in [0.05, 0.1) is 23.1 Å². The predicted octanol–water partition coefficient (Wildman–Crippen LogP) is 2.08. The molecule has 7 nitrogen and oxygen atoms in total. The average Bonchev–Trinajstić information content (AvgIpc) is 3.04. The van der Waals surface area contributed by atoms with Gasteiger partial charge in [0, 0.05) is 38.2 Å². The van der Waals surface area contributed by atoms with Crippen LogP contribution in [-0.2, 0) is 4.79 Å². The maximum atomic E-state index is 14.5. The van der Waals surface area contributed by atoms with Crippen molar-refractivity contribution in [2.24, 2.45) is 17.8 Å². The van der Waals surface area contributed by atoms with E-state index in [4.69, 9.17) is 0 Å². The Labute approximate surface area is 173 Å². The minimum absolute atomic E-state index is 0.0526. The molecule has 0 radical (unpaired) electrons. The number of aromatic amines is 1. The lowest BCUT2D eigenvalue weighted by molar-refractivity contribution is -0.122. The molecular weight excluding hydrogens is 387 g/mol. The number of imidazole rings is 1. The molecule has 2 unspecified atom stereocenters. The molecule has 2 heterocycles. The van der Waals surface area contributed by atoms with Crippen molar-refractivity contribution in [2.45, 2.75) is 38.1 Å². The Bertz CT molecular complexity index is 1060. The van der Waals surface area contributed by atoms with Crippen molar-refractivity contribution in [1.82, 2.24) is 19.8 Å². The number of amides is 1. The number of aromatic nitrogens is 2. The first kappa shape index (κ1) is 19.5. The Morgan fingerprint density at radius 2 is 1.87 bits per heavy atom. The summed E-state index contributed by atoms with van der Waals surface area (Å²) in [6.07, 6.45) is 5.16. The van der Waals surface area contributed by atoms with E-state index < -0.39 is 11.7 Å². The molecule has 1 saturated heterocycles. The number of rotatable bonds is 5. The molecule has 1 aromatic heterocycles. The van der Waals surface area contributed by atoms with Crippen molar-refractivity contribution in [3.8, 4) is 0 Å². The maximum absolute atomic E-state index is 14.5. The Morgan fingerprint density at radius 3 is 2.53 bits per heavy atom. The largest absolute Gasteiger partial charge is 0.355 e. The Hall–Kier alpha value is -2.48. The maximum Gasteiger partial charge on any atom is 0.326 e. The number of hydrogen-bond donors (Lipinski definition) is 2. The van der Waals surface area contributed by atoms with Crippen LogP contribution in [0.25, 0.3) is 11.0 Å². The van der Waals surface area contributed by atoms with Crippen LogP contribution in [0.1, 0.15) is 48.5 Å². The van der Waals surface area contributed by atoms with Crippen LogP contribution in [0, 0.1) is 23.6 Å². The van der Waals surface area contributed by atoms with E-state index in [-0.39, 0.29) is 17.3 Å². The van der Waals surface area contributed by atoms with Gasteiger partial charge in [0.25, 0.3) is 5.91 Å². The summed E-state index contributed by atoms with van der Waals surface area (Å²) in [5.41, 5.74) is 0.554. The topological polar surface area (TPSA) is 87.2 Å². The molecule has 1 amide bonds. The fourth-order valence-electron chi connectivity index (χ4n) is 5.78. The number of Topliss-reactive ketones (excluding diaryl/α,β-unsaturated/α-hetero) is 1. The van der Waals surface area contributed by atoms with Gasteiger partial charge in [0.15, 0.2) is 0 Å². The molecule has 3 fully saturated rings. The third-order valence-corrected chi connectivity index (χ3v) is 7.36. The number of carbonyl (C=O) groups is 2. The molecule has 160 valence electrons. The summed E-state index contributed by atoms with van der Waals surface area (Å²) >= 11 is 0. The third-order valence-electron chi connectivity index (χ3n) is 7.36. The van der Waals surface area contributed by atoms with Crippen LogP contribution in [0.2, 0.25) is 0 Å². The number of halogens is 1. The number of nitrogens with zero attached hydrogens (tertiary/aromatic N) is 2. The van der Waals surface area contributed by atoms with Crippen molar-refractivity contribution < 1.29 is 14.0 Å². The van der Waals surface area contributed by atoms with Crippen LogP contribution in [0.4, 0.5) is 4.39 Å². The number of carbonyl (C=O) groups excluding carboxylic acids is 2. The van der Waals surface area contributed by atoms with E-state index >= 15 is 0 Å². The van der Waals surface area contributed by atoms with Crippen LogP contribution in [-0.4, -0.2) is 52.8 Å². The van der Waals surface area contributed by atoms with E-state index in [2.05, 4.69) is 15.2 Å². The molecule has 5 rings (SSSR count). The highest BCUT2D eigenvalue weighted by Crippen LogP contribution is 2.57. The van der Waals surface area contributed by atoms with Gasteiger partial charge in [-0.3, -0.25) is 19.1 Å². The molecule has 3 aliphatic rings. The highest BCUT2D eigenvalue weighted by molar-refractivity contribution is 5.97. The van der Waals surface area contributed by atoms with Gasteiger partial charge in [-0.2, -0.15) is 0 Å². The Kier molecular flexibility index (Phi) is 4.76. The number of nitrogens with one attached hydrogen (secondary N) is 2. The lowest BCUT2D eigenvalue weighted by atomic mass is 10.0. The third kappa shape index (κ3) is 3.17. The lowest BCUT2D eigenvalue weighted by Crippen LogP contribution is -2.40. The zero-order valence-corrected chi connectivity index (χ0v) is 17.1. The van der Waals surface area contributed by atoms with Gasteiger partial charge in [0.1, 0.15) is 11.6 Å². The lowest BCUT2D eigenvalue weighted by Gasteiger charge is -2.32. The van der Waals surface area contributed by atoms with Gasteiger partial charge in [0.2, 0.25) is 0 Å². The fourth-order valence-corrected chi connectivity index (χ4v) is 5.78. The summed E-state index contributed by atoms with van der Waals surface area (Å²) in [5, 5.41) is 2.41. The molecule has 2 aromatic rings. The molecule has 1 aromatic carbocycles. The SMILES string of the molecule is CNC(=O)c1cc2[nH]c(=O)n(C3CCN(CC(=O)C4C5CCCC54)CC3)c2cc1F. The smallest absolute Gasteiger partial charge is 0.326 e. The number of benzene rings is 1. The normalized spacial score (nSPS) is 26.7. The number of hydrogen-bond acceptors (Lipinski definition) is 4. The fraction of sp³-hybridized carbons (Fsp3) is 0.591. The van der Waals surface area contributed by atoms with Gasteiger partial charge in [-0.25, -0.2) is 9.18 Å². The monoisotopic (exact) mass is 414 g/mol. The van der Waals surface area contributed by atoms with Crippen LogP contribution in [0.5, 0.6) is 0 Å². The van der Waals surface area contributed by atoms with E-state index in [1.54, 1.807) is 4.57 Å². The standard InChI is InChI=1S/C22H27FN4O3/c1-24-21(29)15-9-17-18(10-16(15)23)27(22(30)25-17)12-5-7-26(8-6-12)11-19(28)20-13-3-2-4-14(13)20/h9-10,12-14,20H,2-8,11H2,1H3,(H,24,29)(H,25,30). The zero-order chi connectivity index (χ0) is 21.0. The quantitative estimate of drug-likeness (QED) is 0.784. The number of ketones is 1. The second-order valence-electron chi connectivity index (χ2n) is 8.99. The highest BCUT2D eigenvalue weighted by atomic mass is 19.1. The summed E-state index contributed by atoms with van der Waals surface area (Å²) in [6.45, 7) is 2.00. The van der Waals surface area contributed by atoms with Crippen LogP contribution >= 0.6 is 0 Å². The number of fused-ring (bicyclic) bond motifs is 2. The summed E-state index contributed by atoms with van der Waals surface area (Å²) in [5.74, 6) is 0.804. The van der Waals surface area contributed by atoms with Crippen molar-refractivity contribution in [3.63, 3.8) is 0 Å². The molecule has 8 heteroatoms. The molecule has 30 heavy (non-hydrogen) atoms. The molecular formula is C22H27FN4O3. The first-order valence-electron chi connectivity index (χ1n) is 10.9. The minimum atomic E-state index is -0.646. The van der Waals surface area contributed by atoms with E-state index in [1.807, 2.05) is 0 Å². The van der Waals surface area contributed by atoms with Crippen LogP contribution in [0.15, 0.2) is 16.9 Å². The van der Waals surface area contributed by atoms with E-state index in [1.165, 1.54) is 38.4 Å². The van der Waals surface area contributed by atoms with Crippen molar-refractivity contribution in [2.75, 3.05) is 26.7 Å². The number of H-pyrrole nitrogens is 1. The highest BCUT2D eigenvalue weighted by Gasteiger charge is 2.56. The molecule has 0 spiro atoms. The second kappa shape index (κ2) is 7.34. The summed E-state index contributed by atoms with van der Waals surface area (Å²) in [6, 6.07) is 2.60. The van der Waals surface area contributed by atoms with Gasteiger partial charge < -0.3 is 10.3 Å². The molecule has 0 bridgehead atoms. The second-order valence-corrected chi connectivity index (χ2v) is 8.99. The minimum Gasteiger partial charge on any atom is -0.355 e. The Balaban J connectivity index is 1.28.